The quantitative estimate of drug-likeness (QED) is 0.913. The van der Waals surface area contributed by atoms with Gasteiger partial charge >= 0.3 is 12.1 Å². The van der Waals surface area contributed by atoms with Crippen molar-refractivity contribution < 1.29 is 23.1 Å². The summed E-state index contributed by atoms with van der Waals surface area (Å²) in [5.74, 6) is -1.34. The first-order valence-electron chi connectivity index (χ1n) is 6.91. The molecular weight excluding hydrogens is 307 g/mol. The lowest BCUT2D eigenvalue weighted by molar-refractivity contribution is -0.141. The van der Waals surface area contributed by atoms with Gasteiger partial charge in [0.2, 0.25) is 0 Å². The van der Waals surface area contributed by atoms with Gasteiger partial charge in [-0.2, -0.15) is 13.2 Å². The minimum absolute atomic E-state index is 0.279. The molecule has 0 aliphatic carbocycles. The van der Waals surface area contributed by atoms with Crippen LogP contribution in [0.25, 0.3) is 0 Å². The highest BCUT2D eigenvalue weighted by Gasteiger charge is 2.38. The van der Waals surface area contributed by atoms with Gasteiger partial charge < -0.3 is 10.0 Å². The van der Waals surface area contributed by atoms with Crippen LogP contribution in [0.3, 0.4) is 0 Å². The first kappa shape index (κ1) is 16.9. The molecule has 6 heteroatoms. The first-order valence-corrected chi connectivity index (χ1v) is 6.91. The van der Waals surface area contributed by atoms with Crippen LogP contribution in [0.2, 0.25) is 0 Å². The van der Waals surface area contributed by atoms with E-state index in [1.165, 1.54) is 30.1 Å². The lowest BCUT2D eigenvalue weighted by atomic mass is 9.98. The second-order valence-corrected chi connectivity index (χ2v) is 5.22. The second-order valence-electron chi connectivity index (χ2n) is 5.22. The second kappa shape index (κ2) is 6.32. The average Bonchev–Trinajstić information content (AvgIpc) is 2.47. The molecule has 0 saturated heterocycles. The lowest BCUT2D eigenvalue weighted by Gasteiger charge is -2.30. The van der Waals surface area contributed by atoms with Crippen molar-refractivity contribution in [1.82, 2.24) is 0 Å². The molecule has 0 amide bonds. The van der Waals surface area contributed by atoms with Gasteiger partial charge in [0.05, 0.1) is 5.56 Å². The number of hydrogen-bond acceptors (Lipinski definition) is 2. The van der Waals surface area contributed by atoms with Crippen molar-refractivity contribution in [1.29, 1.82) is 0 Å². The molecule has 0 aliphatic heterocycles. The number of likely N-dealkylation sites (N-methyl/N-ethyl adjacent to an activating group) is 1. The van der Waals surface area contributed by atoms with E-state index in [2.05, 4.69) is 0 Å². The molecule has 0 radical (unpaired) electrons. The molecule has 122 valence electrons. The molecule has 1 N–H and O–H groups in total. The minimum atomic E-state index is -4.61. The molecular formula is C17H16F3NO2. The number of aryl methyl sites for hydroxylation is 1. The maximum absolute atomic E-state index is 13.2. The molecule has 2 rings (SSSR count). The van der Waals surface area contributed by atoms with Crippen LogP contribution in [0.1, 0.15) is 22.7 Å². The standard InChI is InChI=1S/C17H16F3NO2/c1-11-7-3-6-10-14(11)21(2)15(16(22)23)12-8-4-5-9-13(12)17(18,19)20/h3-10,15H,1-2H3,(H,22,23). The van der Waals surface area contributed by atoms with Gasteiger partial charge in [-0.05, 0) is 30.2 Å². The molecule has 2 aromatic carbocycles. The Balaban J connectivity index is 2.57. The summed E-state index contributed by atoms with van der Waals surface area (Å²) in [6.45, 7) is 1.78. The van der Waals surface area contributed by atoms with Gasteiger partial charge in [0.1, 0.15) is 0 Å². The van der Waals surface area contributed by atoms with E-state index in [4.69, 9.17) is 0 Å². The van der Waals surface area contributed by atoms with E-state index >= 15 is 0 Å². The Kier molecular flexibility index (Phi) is 4.63. The van der Waals surface area contributed by atoms with Crippen molar-refractivity contribution in [2.75, 3.05) is 11.9 Å². The van der Waals surface area contributed by atoms with Crippen molar-refractivity contribution in [2.24, 2.45) is 0 Å². The Morgan fingerprint density at radius 1 is 1.09 bits per heavy atom. The van der Waals surface area contributed by atoms with E-state index in [9.17, 15) is 23.1 Å². The highest BCUT2D eigenvalue weighted by atomic mass is 19.4. The van der Waals surface area contributed by atoms with Crippen LogP contribution in [-0.4, -0.2) is 18.1 Å². The monoisotopic (exact) mass is 323 g/mol. The Hall–Kier alpha value is -2.50. The number of carbonyl (C=O) groups is 1. The molecule has 3 nitrogen and oxygen atoms in total. The number of anilines is 1. The number of hydrogen-bond donors (Lipinski definition) is 1. The van der Waals surface area contributed by atoms with Gasteiger partial charge in [0, 0.05) is 12.7 Å². The highest BCUT2D eigenvalue weighted by molar-refractivity contribution is 5.81. The van der Waals surface area contributed by atoms with Crippen molar-refractivity contribution in [3.05, 3.63) is 65.2 Å². The summed E-state index contributed by atoms with van der Waals surface area (Å²) in [6, 6.07) is 10.3. The van der Waals surface area contributed by atoms with E-state index in [-0.39, 0.29) is 5.56 Å². The Labute approximate surface area is 132 Å². The first-order chi connectivity index (χ1) is 10.7. The predicted molar refractivity (Wildman–Crippen MR) is 81.4 cm³/mol. The fourth-order valence-corrected chi connectivity index (χ4v) is 2.60. The lowest BCUT2D eigenvalue weighted by Crippen LogP contribution is -2.33. The van der Waals surface area contributed by atoms with Gasteiger partial charge in [0.15, 0.2) is 6.04 Å². The smallest absolute Gasteiger partial charge is 0.416 e. The molecule has 0 aliphatic rings. The summed E-state index contributed by atoms with van der Waals surface area (Å²) in [6.07, 6.45) is -4.61. The normalized spacial score (nSPS) is 12.7. The summed E-state index contributed by atoms with van der Waals surface area (Å²) >= 11 is 0. The number of benzene rings is 2. The maximum atomic E-state index is 13.2. The van der Waals surface area contributed by atoms with Crippen LogP contribution < -0.4 is 4.90 Å². The average molecular weight is 323 g/mol. The molecule has 0 saturated carbocycles. The Morgan fingerprint density at radius 3 is 2.22 bits per heavy atom. The van der Waals surface area contributed by atoms with E-state index in [1.54, 1.807) is 31.2 Å². The van der Waals surface area contributed by atoms with E-state index in [0.717, 1.165) is 11.6 Å². The summed E-state index contributed by atoms with van der Waals surface area (Å²) in [4.78, 5) is 13.0. The zero-order chi connectivity index (χ0) is 17.2. The van der Waals surface area contributed by atoms with E-state index in [0.29, 0.717) is 5.69 Å². The van der Waals surface area contributed by atoms with Crippen LogP contribution in [0.4, 0.5) is 18.9 Å². The van der Waals surface area contributed by atoms with Crippen molar-refractivity contribution in [3.63, 3.8) is 0 Å². The molecule has 0 bridgehead atoms. The molecule has 0 spiro atoms. The SMILES string of the molecule is Cc1ccccc1N(C)C(C(=O)O)c1ccccc1C(F)(F)F. The van der Waals surface area contributed by atoms with Crippen molar-refractivity contribution in [2.45, 2.75) is 19.1 Å². The number of alkyl halides is 3. The highest BCUT2D eigenvalue weighted by Crippen LogP contribution is 2.37. The van der Waals surface area contributed by atoms with Crippen LogP contribution in [0.15, 0.2) is 48.5 Å². The van der Waals surface area contributed by atoms with Crippen LogP contribution in [0, 0.1) is 6.92 Å². The molecule has 0 heterocycles. The fraction of sp³-hybridized carbons (Fsp3) is 0.235. The maximum Gasteiger partial charge on any atom is 0.416 e. The van der Waals surface area contributed by atoms with Gasteiger partial charge in [0.25, 0.3) is 0 Å². The minimum Gasteiger partial charge on any atom is -0.479 e. The number of carboxylic acid groups (broad SMARTS) is 1. The summed E-state index contributed by atoms with van der Waals surface area (Å²) < 4.78 is 39.6. The zero-order valence-electron chi connectivity index (χ0n) is 12.6. The molecule has 0 fully saturated rings. The number of para-hydroxylation sites is 1. The number of aliphatic carboxylic acids is 1. The Bertz CT molecular complexity index is 713. The number of carboxylic acids is 1. The molecule has 1 atom stereocenters. The predicted octanol–water partition coefficient (Wildman–Crippen LogP) is 4.28. The molecule has 2 aromatic rings. The molecule has 1 unspecified atom stereocenters. The topological polar surface area (TPSA) is 40.5 Å². The number of nitrogens with zero attached hydrogens (tertiary/aromatic N) is 1. The van der Waals surface area contributed by atoms with Crippen molar-refractivity contribution >= 4 is 11.7 Å². The van der Waals surface area contributed by atoms with Gasteiger partial charge in [-0.15, -0.1) is 0 Å². The Morgan fingerprint density at radius 2 is 1.65 bits per heavy atom. The van der Waals surface area contributed by atoms with Crippen LogP contribution in [-0.2, 0) is 11.0 Å². The third-order valence-corrected chi connectivity index (χ3v) is 3.68. The summed E-state index contributed by atoms with van der Waals surface area (Å²) in [5.41, 5.74) is 0.133. The molecule has 23 heavy (non-hydrogen) atoms. The fourth-order valence-electron chi connectivity index (χ4n) is 2.60. The zero-order valence-corrected chi connectivity index (χ0v) is 12.6. The largest absolute Gasteiger partial charge is 0.479 e. The van der Waals surface area contributed by atoms with Gasteiger partial charge in [-0.1, -0.05) is 36.4 Å². The van der Waals surface area contributed by atoms with Crippen molar-refractivity contribution in [3.8, 4) is 0 Å². The van der Waals surface area contributed by atoms with E-state index in [1.807, 2.05) is 0 Å². The molecule has 0 aromatic heterocycles. The van der Waals surface area contributed by atoms with Gasteiger partial charge in [-0.25, -0.2) is 4.79 Å². The number of halogens is 3. The number of rotatable bonds is 4. The van der Waals surface area contributed by atoms with Crippen LogP contribution >= 0.6 is 0 Å². The summed E-state index contributed by atoms with van der Waals surface area (Å²) in [5, 5.41) is 9.53. The third kappa shape index (κ3) is 3.47. The van der Waals surface area contributed by atoms with Gasteiger partial charge in [-0.3, -0.25) is 0 Å². The summed E-state index contributed by atoms with van der Waals surface area (Å²) in [7, 11) is 1.48. The van der Waals surface area contributed by atoms with E-state index < -0.39 is 23.8 Å². The third-order valence-electron chi connectivity index (χ3n) is 3.68. The van der Waals surface area contributed by atoms with Crippen LogP contribution in [0.5, 0.6) is 0 Å².